The van der Waals surface area contributed by atoms with Crippen LogP contribution in [0.3, 0.4) is 0 Å². The van der Waals surface area contributed by atoms with Crippen molar-refractivity contribution in [3.8, 4) is 11.5 Å². The molecule has 3 N–H and O–H groups in total. The van der Waals surface area contributed by atoms with E-state index in [4.69, 9.17) is 4.74 Å². The van der Waals surface area contributed by atoms with Gasteiger partial charge in [-0.2, -0.15) is 5.10 Å². The van der Waals surface area contributed by atoms with Gasteiger partial charge < -0.3 is 15.2 Å². The molecule has 2 aromatic carbocycles. The number of aromatic hydroxyl groups is 1. The summed E-state index contributed by atoms with van der Waals surface area (Å²) in [6.45, 7) is 1.91. The molecule has 142 valence electrons. The molecule has 0 aliphatic heterocycles. The van der Waals surface area contributed by atoms with Crippen LogP contribution < -0.4 is 15.5 Å². The summed E-state index contributed by atoms with van der Waals surface area (Å²) in [6.07, 6.45) is 1.35. The number of aryl methyl sites for hydroxylation is 1. The number of halogens is 1. The first-order chi connectivity index (χ1) is 12.9. The van der Waals surface area contributed by atoms with E-state index in [9.17, 15) is 14.7 Å². The number of rotatable bonds is 7. The van der Waals surface area contributed by atoms with Gasteiger partial charge in [-0.3, -0.25) is 9.59 Å². The summed E-state index contributed by atoms with van der Waals surface area (Å²) in [6, 6.07) is 10.4. The number of hydrazone groups is 1. The van der Waals surface area contributed by atoms with E-state index < -0.39 is 5.91 Å². The Balaban J connectivity index is 1.81. The number of methoxy groups -OCH3 is 1. The number of nitrogens with zero attached hydrogens (tertiary/aromatic N) is 1. The number of phenolic OH excluding ortho intramolecular Hbond substituents is 1. The second-order valence-electron chi connectivity index (χ2n) is 5.73. The summed E-state index contributed by atoms with van der Waals surface area (Å²) in [7, 11) is 1.51. The zero-order valence-corrected chi connectivity index (χ0v) is 17.1. The molecule has 2 rings (SSSR count). The lowest BCUT2D eigenvalue weighted by Crippen LogP contribution is -2.20. The molecule has 0 aliphatic rings. The van der Waals surface area contributed by atoms with Gasteiger partial charge in [0.05, 0.1) is 13.3 Å². The summed E-state index contributed by atoms with van der Waals surface area (Å²) < 4.78 is 6.15. The standard InChI is InChI=1S/C19H20IN3O4/c1-12-9-14(20)3-5-16(12)22-18(25)7-8-19(26)23-21-11-13-10-15(27-2)4-6-17(13)24/h3-6,9-11,24H,7-8H2,1-2H3,(H,22,25)(H,23,26)/b21-11-. The molecule has 8 heteroatoms. The van der Waals surface area contributed by atoms with Crippen LogP contribution in [0.4, 0.5) is 5.69 Å². The predicted molar refractivity (Wildman–Crippen MR) is 112 cm³/mol. The van der Waals surface area contributed by atoms with Gasteiger partial charge in [-0.15, -0.1) is 0 Å². The number of anilines is 1. The largest absolute Gasteiger partial charge is 0.507 e. The Bertz CT molecular complexity index is 868. The van der Waals surface area contributed by atoms with Crippen LogP contribution in [-0.2, 0) is 9.59 Å². The average molecular weight is 481 g/mol. The fourth-order valence-electron chi connectivity index (χ4n) is 2.20. The fraction of sp³-hybridized carbons (Fsp3) is 0.211. The van der Waals surface area contributed by atoms with Crippen LogP contribution in [0.15, 0.2) is 41.5 Å². The molecule has 7 nitrogen and oxygen atoms in total. The Labute approximate surface area is 171 Å². The molecule has 0 unspecified atom stereocenters. The van der Waals surface area contributed by atoms with Crippen molar-refractivity contribution in [3.63, 3.8) is 0 Å². The summed E-state index contributed by atoms with van der Waals surface area (Å²) in [5.41, 5.74) is 4.43. The second-order valence-corrected chi connectivity index (χ2v) is 6.97. The maximum Gasteiger partial charge on any atom is 0.240 e. The fourth-order valence-corrected chi connectivity index (χ4v) is 2.85. The monoisotopic (exact) mass is 481 g/mol. The number of benzene rings is 2. The molecular formula is C19H20IN3O4. The topological polar surface area (TPSA) is 100 Å². The average Bonchev–Trinajstić information content (AvgIpc) is 2.64. The Morgan fingerprint density at radius 2 is 1.93 bits per heavy atom. The van der Waals surface area contributed by atoms with Crippen LogP contribution in [0.25, 0.3) is 0 Å². The maximum absolute atomic E-state index is 12.0. The lowest BCUT2D eigenvalue weighted by molar-refractivity contribution is -0.124. The summed E-state index contributed by atoms with van der Waals surface area (Å²) in [5.74, 6) is -0.0730. The lowest BCUT2D eigenvalue weighted by atomic mass is 10.2. The van der Waals surface area contributed by atoms with E-state index in [2.05, 4.69) is 38.4 Å². The number of amides is 2. The number of carbonyl (C=O) groups is 2. The minimum Gasteiger partial charge on any atom is -0.507 e. The molecule has 27 heavy (non-hydrogen) atoms. The summed E-state index contributed by atoms with van der Waals surface area (Å²) in [4.78, 5) is 23.8. The first kappa shape index (κ1) is 20.7. The zero-order chi connectivity index (χ0) is 19.8. The molecule has 2 amide bonds. The number of carbonyl (C=O) groups excluding carboxylic acids is 2. The van der Waals surface area contributed by atoms with Gasteiger partial charge in [-0.1, -0.05) is 0 Å². The van der Waals surface area contributed by atoms with Crippen molar-refractivity contribution in [1.29, 1.82) is 0 Å². The van der Waals surface area contributed by atoms with Crippen molar-refractivity contribution in [2.45, 2.75) is 19.8 Å². The first-order valence-electron chi connectivity index (χ1n) is 8.14. The molecule has 0 saturated carbocycles. The molecular weight excluding hydrogens is 461 g/mol. The molecule has 0 heterocycles. The van der Waals surface area contributed by atoms with Crippen molar-refractivity contribution >= 4 is 46.3 Å². The van der Waals surface area contributed by atoms with Gasteiger partial charge in [0, 0.05) is 27.7 Å². The van der Waals surface area contributed by atoms with Crippen LogP contribution >= 0.6 is 22.6 Å². The van der Waals surface area contributed by atoms with Crippen molar-refractivity contribution in [1.82, 2.24) is 5.43 Å². The van der Waals surface area contributed by atoms with Crippen LogP contribution in [0.1, 0.15) is 24.0 Å². The second kappa shape index (κ2) is 9.91. The van der Waals surface area contributed by atoms with E-state index in [0.717, 1.165) is 14.8 Å². The number of hydrogen-bond acceptors (Lipinski definition) is 5. The van der Waals surface area contributed by atoms with Crippen molar-refractivity contribution < 1.29 is 19.4 Å². The number of nitrogens with one attached hydrogen (secondary N) is 2. The molecule has 0 fully saturated rings. The highest BCUT2D eigenvalue weighted by atomic mass is 127. The van der Waals surface area contributed by atoms with Gasteiger partial charge in [0.15, 0.2) is 0 Å². The molecule has 0 aliphatic carbocycles. The molecule has 0 saturated heterocycles. The Morgan fingerprint density at radius 3 is 2.63 bits per heavy atom. The quantitative estimate of drug-likeness (QED) is 0.321. The highest BCUT2D eigenvalue weighted by Crippen LogP contribution is 2.21. The maximum atomic E-state index is 12.0. The van der Waals surface area contributed by atoms with E-state index in [-0.39, 0.29) is 24.5 Å². The number of hydrogen-bond donors (Lipinski definition) is 3. The van der Waals surface area contributed by atoms with Gasteiger partial charge >= 0.3 is 0 Å². The number of phenols is 1. The van der Waals surface area contributed by atoms with Crippen LogP contribution in [-0.4, -0.2) is 30.2 Å². The predicted octanol–water partition coefficient (Wildman–Crippen LogP) is 3.18. The SMILES string of the molecule is COc1ccc(O)c(/C=N\NC(=O)CCC(=O)Nc2ccc(I)cc2C)c1. The Hall–Kier alpha value is -2.62. The third kappa shape index (κ3) is 6.55. The molecule has 0 bridgehead atoms. The van der Waals surface area contributed by atoms with Crippen LogP contribution in [0.2, 0.25) is 0 Å². The van der Waals surface area contributed by atoms with Crippen molar-refractivity contribution in [2.24, 2.45) is 5.10 Å². The molecule has 2 aromatic rings. The smallest absolute Gasteiger partial charge is 0.240 e. The summed E-state index contributed by atoms with van der Waals surface area (Å²) >= 11 is 2.20. The normalized spacial score (nSPS) is 10.6. The van der Waals surface area contributed by atoms with E-state index in [1.807, 2.05) is 25.1 Å². The van der Waals surface area contributed by atoms with Crippen molar-refractivity contribution in [2.75, 3.05) is 12.4 Å². The molecule has 0 radical (unpaired) electrons. The van der Waals surface area contributed by atoms with Gasteiger partial charge in [-0.05, 0) is 71.5 Å². The minimum atomic E-state index is -0.400. The summed E-state index contributed by atoms with van der Waals surface area (Å²) in [5, 5.41) is 16.3. The Morgan fingerprint density at radius 1 is 1.19 bits per heavy atom. The van der Waals surface area contributed by atoms with Gasteiger partial charge in [0.2, 0.25) is 11.8 Å². The van der Waals surface area contributed by atoms with Gasteiger partial charge in [0.25, 0.3) is 0 Å². The molecule has 0 spiro atoms. The van der Waals surface area contributed by atoms with Crippen molar-refractivity contribution in [3.05, 3.63) is 51.1 Å². The molecule has 0 aromatic heterocycles. The Kier molecular flexibility index (Phi) is 7.59. The van der Waals surface area contributed by atoms with Crippen LogP contribution in [0.5, 0.6) is 11.5 Å². The highest BCUT2D eigenvalue weighted by Gasteiger charge is 2.08. The van der Waals surface area contributed by atoms with E-state index in [1.54, 1.807) is 12.1 Å². The lowest BCUT2D eigenvalue weighted by Gasteiger charge is -2.08. The minimum absolute atomic E-state index is 0.00329. The third-order valence-corrected chi connectivity index (χ3v) is 4.34. The van der Waals surface area contributed by atoms with E-state index >= 15 is 0 Å². The zero-order valence-electron chi connectivity index (χ0n) is 15.0. The van der Waals surface area contributed by atoms with E-state index in [0.29, 0.717) is 11.3 Å². The van der Waals surface area contributed by atoms with Gasteiger partial charge in [-0.25, -0.2) is 5.43 Å². The third-order valence-electron chi connectivity index (χ3n) is 3.67. The number of ether oxygens (including phenoxy) is 1. The molecule has 0 atom stereocenters. The highest BCUT2D eigenvalue weighted by molar-refractivity contribution is 14.1. The van der Waals surface area contributed by atoms with E-state index in [1.165, 1.54) is 19.4 Å². The van der Waals surface area contributed by atoms with Crippen LogP contribution in [0, 0.1) is 10.5 Å². The first-order valence-corrected chi connectivity index (χ1v) is 9.22. The van der Waals surface area contributed by atoms with Gasteiger partial charge in [0.1, 0.15) is 11.5 Å².